The highest BCUT2D eigenvalue weighted by Crippen LogP contribution is 2.43. The maximum Gasteiger partial charge on any atom is 0.119 e. The van der Waals surface area contributed by atoms with Gasteiger partial charge in [0.2, 0.25) is 0 Å². The van der Waals surface area contributed by atoms with Crippen LogP contribution < -0.4 is 10.1 Å². The van der Waals surface area contributed by atoms with Gasteiger partial charge in [-0.05, 0) is 75.6 Å². The fourth-order valence-corrected chi connectivity index (χ4v) is 3.68. The van der Waals surface area contributed by atoms with E-state index in [1.54, 1.807) is 0 Å². The van der Waals surface area contributed by atoms with Gasteiger partial charge < -0.3 is 10.1 Å². The van der Waals surface area contributed by atoms with Crippen LogP contribution in [0.1, 0.15) is 45.2 Å². The van der Waals surface area contributed by atoms with Crippen molar-refractivity contribution in [2.24, 2.45) is 17.8 Å². The van der Waals surface area contributed by atoms with Gasteiger partial charge >= 0.3 is 0 Å². The van der Waals surface area contributed by atoms with Crippen molar-refractivity contribution >= 4 is 0 Å². The summed E-state index contributed by atoms with van der Waals surface area (Å²) < 4.78 is 5.70. The molecule has 0 radical (unpaired) electrons. The normalized spacial score (nSPS) is 28.3. The first-order valence-electron chi connectivity index (χ1n) is 8.30. The largest absolute Gasteiger partial charge is 0.491 e. The minimum Gasteiger partial charge on any atom is -0.491 e. The Bertz CT molecular complexity index is 491. The quantitative estimate of drug-likeness (QED) is 0.785. The second-order valence-corrected chi connectivity index (χ2v) is 6.91. The minimum atomic E-state index is 0.234. The molecule has 114 valence electrons. The standard InChI is InChI=1S/C19H27NO/c1-13(2)21-19-8-6-16(7-9-19)14(3)20-12-18-11-15-4-5-17(18)10-15/h4-9,13-15,17-18,20H,10-12H2,1-3H3. The number of hydrogen-bond donors (Lipinski definition) is 1. The maximum atomic E-state index is 5.70. The van der Waals surface area contributed by atoms with Crippen LogP contribution in [0.3, 0.4) is 0 Å². The van der Waals surface area contributed by atoms with Gasteiger partial charge in [-0.15, -0.1) is 0 Å². The zero-order chi connectivity index (χ0) is 14.8. The molecule has 0 heterocycles. The molecule has 2 heteroatoms. The fraction of sp³-hybridized carbons (Fsp3) is 0.579. The summed E-state index contributed by atoms with van der Waals surface area (Å²) in [6.07, 6.45) is 7.85. The number of hydrogen-bond acceptors (Lipinski definition) is 2. The number of ether oxygens (including phenoxy) is 1. The SMILES string of the molecule is CC(C)Oc1ccc(C(C)NCC2CC3C=CC2C3)cc1. The van der Waals surface area contributed by atoms with E-state index in [0.717, 1.165) is 30.0 Å². The van der Waals surface area contributed by atoms with Crippen LogP contribution >= 0.6 is 0 Å². The van der Waals surface area contributed by atoms with Crippen LogP contribution in [-0.4, -0.2) is 12.6 Å². The van der Waals surface area contributed by atoms with E-state index >= 15 is 0 Å². The van der Waals surface area contributed by atoms with Gasteiger partial charge in [0.25, 0.3) is 0 Å². The van der Waals surface area contributed by atoms with Gasteiger partial charge in [-0.1, -0.05) is 24.3 Å². The predicted molar refractivity (Wildman–Crippen MR) is 87.5 cm³/mol. The second kappa shape index (κ2) is 6.23. The van der Waals surface area contributed by atoms with Gasteiger partial charge in [0.05, 0.1) is 6.10 Å². The lowest BCUT2D eigenvalue weighted by Crippen LogP contribution is -2.27. The van der Waals surface area contributed by atoms with Crippen molar-refractivity contribution in [3.05, 3.63) is 42.0 Å². The van der Waals surface area contributed by atoms with Crippen LogP contribution in [0.15, 0.2) is 36.4 Å². The first-order valence-corrected chi connectivity index (χ1v) is 8.30. The topological polar surface area (TPSA) is 21.3 Å². The van der Waals surface area contributed by atoms with Crippen LogP contribution in [-0.2, 0) is 0 Å². The van der Waals surface area contributed by atoms with Crippen molar-refractivity contribution in [2.45, 2.75) is 45.8 Å². The molecule has 21 heavy (non-hydrogen) atoms. The molecule has 2 aliphatic carbocycles. The summed E-state index contributed by atoms with van der Waals surface area (Å²) in [5, 5.41) is 3.71. The lowest BCUT2D eigenvalue weighted by molar-refractivity contribution is 0.242. The molecule has 2 nitrogen and oxygen atoms in total. The summed E-state index contributed by atoms with van der Waals surface area (Å²) in [5.74, 6) is 3.49. The highest BCUT2D eigenvalue weighted by atomic mass is 16.5. The predicted octanol–water partition coefficient (Wildman–Crippen LogP) is 4.34. The van der Waals surface area contributed by atoms with Crippen molar-refractivity contribution < 1.29 is 4.74 Å². The lowest BCUT2D eigenvalue weighted by Gasteiger charge is -2.22. The van der Waals surface area contributed by atoms with Crippen LogP contribution in [0.5, 0.6) is 5.75 Å². The molecular formula is C19H27NO. The minimum absolute atomic E-state index is 0.234. The molecule has 4 unspecified atom stereocenters. The summed E-state index contributed by atoms with van der Waals surface area (Å²) >= 11 is 0. The van der Waals surface area contributed by atoms with E-state index in [-0.39, 0.29) is 6.10 Å². The highest BCUT2D eigenvalue weighted by Gasteiger charge is 2.35. The number of allylic oxidation sites excluding steroid dienone is 2. The van der Waals surface area contributed by atoms with E-state index < -0.39 is 0 Å². The zero-order valence-corrected chi connectivity index (χ0v) is 13.4. The highest BCUT2D eigenvalue weighted by molar-refractivity contribution is 5.29. The second-order valence-electron chi connectivity index (χ2n) is 6.91. The molecule has 3 rings (SSSR count). The van der Waals surface area contributed by atoms with Gasteiger partial charge in [-0.25, -0.2) is 0 Å². The Morgan fingerprint density at radius 2 is 1.86 bits per heavy atom. The molecule has 1 fully saturated rings. The molecule has 1 saturated carbocycles. The van der Waals surface area contributed by atoms with Gasteiger partial charge in [0.15, 0.2) is 0 Å². The average Bonchev–Trinajstić information content (AvgIpc) is 3.07. The molecular weight excluding hydrogens is 258 g/mol. The van der Waals surface area contributed by atoms with E-state index in [1.165, 1.54) is 18.4 Å². The molecule has 1 aromatic carbocycles. The van der Waals surface area contributed by atoms with Crippen molar-refractivity contribution in [3.63, 3.8) is 0 Å². The van der Waals surface area contributed by atoms with Crippen molar-refractivity contribution in [3.8, 4) is 5.75 Å². The summed E-state index contributed by atoms with van der Waals surface area (Å²) in [5.41, 5.74) is 1.34. The molecule has 1 N–H and O–H groups in total. The molecule has 0 aliphatic heterocycles. The Balaban J connectivity index is 1.51. The van der Waals surface area contributed by atoms with Gasteiger partial charge in [-0.3, -0.25) is 0 Å². The molecule has 0 saturated heterocycles. The van der Waals surface area contributed by atoms with Crippen LogP contribution in [0.2, 0.25) is 0 Å². The number of rotatable bonds is 6. The van der Waals surface area contributed by atoms with E-state index in [0.29, 0.717) is 6.04 Å². The molecule has 0 aromatic heterocycles. The monoisotopic (exact) mass is 285 g/mol. The molecule has 4 atom stereocenters. The molecule has 0 spiro atoms. The van der Waals surface area contributed by atoms with Crippen molar-refractivity contribution in [1.29, 1.82) is 0 Å². The number of fused-ring (bicyclic) bond motifs is 2. The first kappa shape index (κ1) is 14.6. The number of nitrogens with one attached hydrogen (secondary N) is 1. The van der Waals surface area contributed by atoms with Crippen LogP contribution in [0.25, 0.3) is 0 Å². The van der Waals surface area contributed by atoms with Gasteiger partial charge in [0, 0.05) is 6.04 Å². The number of benzene rings is 1. The summed E-state index contributed by atoms with van der Waals surface area (Å²) in [6.45, 7) is 7.50. The van der Waals surface area contributed by atoms with Crippen molar-refractivity contribution in [1.82, 2.24) is 5.32 Å². The van der Waals surface area contributed by atoms with Crippen LogP contribution in [0, 0.1) is 17.8 Å². The van der Waals surface area contributed by atoms with E-state index in [1.807, 2.05) is 0 Å². The Morgan fingerprint density at radius 1 is 1.10 bits per heavy atom. The Kier molecular flexibility index (Phi) is 4.34. The molecule has 0 amide bonds. The maximum absolute atomic E-state index is 5.70. The smallest absolute Gasteiger partial charge is 0.119 e. The molecule has 1 aromatic rings. The van der Waals surface area contributed by atoms with E-state index in [4.69, 9.17) is 4.74 Å². The lowest BCUT2D eigenvalue weighted by atomic mass is 9.93. The third-order valence-corrected chi connectivity index (χ3v) is 4.85. The summed E-state index contributed by atoms with van der Waals surface area (Å²) in [6, 6.07) is 8.91. The fourth-order valence-electron chi connectivity index (χ4n) is 3.68. The third-order valence-electron chi connectivity index (χ3n) is 4.85. The summed E-state index contributed by atoms with van der Waals surface area (Å²) in [7, 11) is 0. The van der Waals surface area contributed by atoms with Gasteiger partial charge in [0.1, 0.15) is 5.75 Å². The Morgan fingerprint density at radius 3 is 2.43 bits per heavy atom. The van der Waals surface area contributed by atoms with E-state index in [2.05, 4.69) is 62.5 Å². The third kappa shape index (κ3) is 3.49. The first-order chi connectivity index (χ1) is 10.1. The zero-order valence-electron chi connectivity index (χ0n) is 13.4. The van der Waals surface area contributed by atoms with Crippen LogP contribution in [0.4, 0.5) is 0 Å². The van der Waals surface area contributed by atoms with Crippen molar-refractivity contribution in [2.75, 3.05) is 6.54 Å². The van der Waals surface area contributed by atoms with E-state index in [9.17, 15) is 0 Å². The van der Waals surface area contributed by atoms with Gasteiger partial charge in [-0.2, -0.15) is 0 Å². The Labute approximate surface area is 128 Å². The Hall–Kier alpha value is -1.28. The summed E-state index contributed by atoms with van der Waals surface area (Å²) in [4.78, 5) is 0. The molecule has 2 aliphatic rings. The average molecular weight is 285 g/mol. The molecule has 2 bridgehead atoms.